The maximum Gasteiger partial charge on any atom is 0.426 e. The highest BCUT2D eigenvalue weighted by Crippen LogP contribution is 2.19. The van der Waals surface area contributed by atoms with Gasteiger partial charge in [0, 0.05) is 4.47 Å². The van der Waals surface area contributed by atoms with Gasteiger partial charge in [-0.25, -0.2) is 9.36 Å². The summed E-state index contributed by atoms with van der Waals surface area (Å²) in [6.07, 6.45) is 17.9. The van der Waals surface area contributed by atoms with Crippen LogP contribution in [0.5, 0.6) is 0 Å². The minimum atomic E-state index is -0.655. The number of halogens is 1. The molecule has 2 aromatic carbocycles. The Balaban J connectivity index is 1.49. The molecule has 0 spiro atoms. The summed E-state index contributed by atoms with van der Waals surface area (Å²) in [6, 6.07) is 12.7. The van der Waals surface area contributed by atoms with E-state index >= 15 is 0 Å². The van der Waals surface area contributed by atoms with Gasteiger partial charge in [-0.3, -0.25) is 4.79 Å². The molecule has 0 radical (unpaired) electrons. The predicted octanol–water partition coefficient (Wildman–Crippen LogP) is 8.34. The summed E-state index contributed by atoms with van der Waals surface area (Å²) in [5, 5.41) is 0.518. The predicted molar refractivity (Wildman–Crippen MR) is 145 cm³/mol. The van der Waals surface area contributed by atoms with Crippen molar-refractivity contribution in [3.63, 3.8) is 0 Å². The van der Waals surface area contributed by atoms with Crippen molar-refractivity contribution in [3.8, 4) is 5.69 Å². The number of hydrogen-bond donors (Lipinski definition) is 0. The van der Waals surface area contributed by atoms with Gasteiger partial charge in [0.15, 0.2) is 0 Å². The van der Waals surface area contributed by atoms with Crippen LogP contribution < -0.4 is 11.3 Å². The van der Waals surface area contributed by atoms with E-state index in [0.29, 0.717) is 16.7 Å². The first-order chi connectivity index (χ1) is 16.6. The van der Waals surface area contributed by atoms with E-state index in [1.807, 2.05) is 24.3 Å². The number of unbranched alkanes of at least 4 members (excludes halogenated alkanes) is 12. The van der Waals surface area contributed by atoms with Crippen LogP contribution in [-0.2, 0) is 6.42 Å². The third kappa shape index (κ3) is 7.69. The molecule has 0 atom stereocenters. The summed E-state index contributed by atoms with van der Waals surface area (Å²) < 4.78 is 7.53. The zero-order valence-electron chi connectivity index (χ0n) is 20.5. The fraction of sp³-hybridized carbons (Fsp3) is 0.517. The summed E-state index contributed by atoms with van der Waals surface area (Å²) >= 11 is 3.39. The first-order valence-electron chi connectivity index (χ1n) is 13.1. The Morgan fingerprint density at radius 2 is 1.29 bits per heavy atom. The molecule has 34 heavy (non-hydrogen) atoms. The molecule has 0 unspecified atom stereocenters. The SMILES string of the molecule is CCCCCCCCCCCCCCCc1cccc2oc(=O)n(-c3ccc(Br)cc3)c(=O)c12. The van der Waals surface area contributed by atoms with Crippen LogP contribution in [-0.4, -0.2) is 4.57 Å². The van der Waals surface area contributed by atoms with Gasteiger partial charge in [-0.1, -0.05) is 112 Å². The van der Waals surface area contributed by atoms with Crippen molar-refractivity contribution in [2.24, 2.45) is 0 Å². The van der Waals surface area contributed by atoms with Gasteiger partial charge in [0.25, 0.3) is 5.56 Å². The monoisotopic (exact) mass is 527 g/mol. The Labute approximate surface area is 211 Å². The molecule has 0 amide bonds. The van der Waals surface area contributed by atoms with Gasteiger partial charge in [-0.15, -0.1) is 0 Å². The molecule has 1 aromatic heterocycles. The largest absolute Gasteiger partial charge is 0.426 e. The maximum atomic E-state index is 13.3. The number of fused-ring (bicyclic) bond motifs is 1. The molecule has 1 heterocycles. The standard InChI is InChI=1S/C29H38BrNO3/c1-2-3-4-5-6-7-8-9-10-11-12-13-14-16-23-17-15-18-26-27(23)28(32)31(29(33)34-26)25-21-19-24(30)20-22-25/h15,17-22H,2-14,16H2,1H3. The Morgan fingerprint density at radius 1 is 0.735 bits per heavy atom. The zero-order chi connectivity index (χ0) is 24.2. The van der Waals surface area contributed by atoms with Crippen molar-refractivity contribution in [2.75, 3.05) is 0 Å². The number of benzene rings is 2. The van der Waals surface area contributed by atoms with E-state index in [4.69, 9.17) is 4.42 Å². The highest BCUT2D eigenvalue weighted by atomic mass is 79.9. The maximum absolute atomic E-state index is 13.3. The quantitative estimate of drug-likeness (QED) is 0.186. The van der Waals surface area contributed by atoms with E-state index in [1.54, 1.807) is 18.2 Å². The van der Waals surface area contributed by atoms with E-state index in [9.17, 15) is 9.59 Å². The fourth-order valence-electron chi connectivity index (χ4n) is 4.59. The van der Waals surface area contributed by atoms with Crippen molar-refractivity contribution in [3.05, 3.63) is 73.4 Å². The molecule has 0 N–H and O–H groups in total. The zero-order valence-corrected chi connectivity index (χ0v) is 22.1. The number of aryl methyl sites for hydroxylation is 1. The highest BCUT2D eigenvalue weighted by molar-refractivity contribution is 9.10. The molecular formula is C29H38BrNO3. The lowest BCUT2D eigenvalue weighted by molar-refractivity contribution is 0.503. The van der Waals surface area contributed by atoms with Crippen molar-refractivity contribution in [1.29, 1.82) is 0 Å². The van der Waals surface area contributed by atoms with Gasteiger partial charge in [-0.05, 0) is 48.7 Å². The summed E-state index contributed by atoms with van der Waals surface area (Å²) in [5.74, 6) is -0.655. The third-order valence-corrected chi connectivity index (χ3v) is 7.07. The van der Waals surface area contributed by atoms with Crippen LogP contribution in [0, 0.1) is 0 Å². The van der Waals surface area contributed by atoms with Crippen LogP contribution in [0.25, 0.3) is 16.7 Å². The molecule has 0 aliphatic heterocycles. The van der Waals surface area contributed by atoms with E-state index in [2.05, 4.69) is 22.9 Å². The fourth-order valence-corrected chi connectivity index (χ4v) is 4.86. The van der Waals surface area contributed by atoms with Crippen LogP contribution in [0.2, 0.25) is 0 Å². The van der Waals surface area contributed by atoms with Crippen LogP contribution in [0.4, 0.5) is 0 Å². The lowest BCUT2D eigenvalue weighted by Gasteiger charge is -2.09. The van der Waals surface area contributed by atoms with Crippen LogP contribution >= 0.6 is 15.9 Å². The lowest BCUT2D eigenvalue weighted by atomic mass is 10.0. The van der Waals surface area contributed by atoms with Crippen LogP contribution in [0.3, 0.4) is 0 Å². The van der Waals surface area contributed by atoms with Crippen molar-refractivity contribution in [2.45, 2.75) is 96.8 Å². The van der Waals surface area contributed by atoms with E-state index < -0.39 is 5.76 Å². The average molecular weight is 529 g/mol. The summed E-state index contributed by atoms with van der Waals surface area (Å²) in [4.78, 5) is 25.8. The van der Waals surface area contributed by atoms with Gasteiger partial charge in [0.1, 0.15) is 5.58 Å². The summed E-state index contributed by atoms with van der Waals surface area (Å²) in [7, 11) is 0. The van der Waals surface area contributed by atoms with Gasteiger partial charge in [0.05, 0.1) is 11.1 Å². The van der Waals surface area contributed by atoms with Crippen molar-refractivity contribution >= 4 is 26.9 Å². The first-order valence-corrected chi connectivity index (χ1v) is 13.8. The van der Waals surface area contributed by atoms with Crippen LogP contribution in [0.1, 0.15) is 96.0 Å². The normalized spacial score (nSPS) is 11.4. The average Bonchev–Trinajstić information content (AvgIpc) is 2.83. The molecule has 0 bridgehead atoms. The van der Waals surface area contributed by atoms with Gasteiger partial charge in [-0.2, -0.15) is 0 Å². The number of nitrogens with zero attached hydrogens (tertiary/aromatic N) is 1. The van der Waals surface area contributed by atoms with Crippen LogP contribution in [0.15, 0.2) is 60.9 Å². The van der Waals surface area contributed by atoms with Gasteiger partial charge < -0.3 is 4.42 Å². The molecule has 0 aliphatic rings. The van der Waals surface area contributed by atoms with E-state index in [-0.39, 0.29) is 5.56 Å². The van der Waals surface area contributed by atoms with E-state index in [0.717, 1.165) is 33.9 Å². The van der Waals surface area contributed by atoms with E-state index in [1.165, 1.54) is 70.6 Å². The molecule has 184 valence electrons. The highest BCUT2D eigenvalue weighted by Gasteiger charge is 2.14. The Morgan fingerprint density at radius 3 is 1.88 bits per heavy atom. The molecule has 0 saturated carbocycles. The molecule has 0 aliphatic carbocycles. The Hall–Kier alpha value is -2.14. The second kappa shape index (κ2) is 14.3. The molecule has 3 aromatic rings. The first kappa shape index (κ1) is 26.5. The number of aromatic nitrogens is 1. The number of hydrogen-bond acceptors (Lipinski definition) is 3. The van der Waals surface area contributed by atoms with Gasteiger partial charge >= 0.3 is 5.76 Å². The molecular weight excluding hydrogens is 490 g/mol. The molecule has 5 heteroatoms. The number of rotatable bonds is 15. The Kier molecular flexibility index (Phi) is 11.1. The second-order valence-electron chi connectivity index (χ2n) is 9.27. The smallest absolute Gasteiger partial charge is 0.409 e. The minimum absolute atomic E-state index is 0.307. The lowest BCUT2D eigenvalue weighted by Crippen LogP contribution is -2.31. The Bertz CT molecular complexity index is 1130. The summed E-state index contributed by atoms with van der Waals surface area (Å²) in [6.45, 7) is 2.27. The second-order valence-corrected chi connectivity index (χ2v) is 10.2. The molecule has 0 fully saturated rings. The molecule has 0 saturated heterocycles. The van der Waals surface area contributed by atoms with Gasteiger partial charge in [0.2, 0.25) is 0 Å². The van der Waals surface area contributed by atoms with Crippen molar-refractivity contribution < 1.29 is 4.42 Å². The topological polar surface area (TPSA) is 52.2 Å². The minimum Gasteiger partial charge on any atom is -0.409 e. The summed E-state index contributed by atoms with van der Waals surface area (Å²) in [5.41, 5.74) is 1.54. The molecule has 4 nitrogen and oxygen atoms in total. The third-order valence-electron chi connectivity index (χ3n) is 6.54. The van der Waals surface area contributed by atoms with Crippen molar-refractivity contribution in [1.82, 2.24) is 4.57 Å². The molecule has 3 rings (SSSR count).